The highest BCUT2D eigenvalue weighted by molar-refractivity contribution is 14.1. The van der Waals surface area contributed by atoms with E-state index in [-0.39, 0.29) is 7.02 Å². The standard InChI is InChI=1S/C6H15ISi/c1-3-5-6(4-2)8-7/h6H,3-5,8H2,1-2H3. The van der Waals surface area contributed by atoms with E-state index in [2.05, 4.69) is 35.6 Å². The van der Waals surface area contributed by atoms with Gasteiger partial charge in [-0.3, -0.25) is 0 Å². The van der Waals surface area contributed by atoms with Crippen molar-refractivity contribution in [3.05, 3.63) is 0 Å². The van der Waals surface area contributed by atoms with E-state index >= 15 is 0 Å². The molecule has 8 heavy (non-hydrogen) atoms. The number of hydrogen-bond acceptors (Lipinski definition) is 0. The van der Waals surface area contributed by atoms with Gasteiger partial charge in [-0.15, -0.1) is 21.8 Å². The maximum absolute atomic E-state index is 2.61. The molecule has 0 rings (SSSR count). The molecule has 0 aliphatic heterocycles. The molecule has 0 bridgehead atoms. The summed E-state index contributed by atoms with van der Waals surface area (Å²) >= 11 is 2.61. The predicted molar refractivity (Wildman–Crippen MR) is 51.5 cm³/mol. The Kier molecular flexibility index (Phi) is 6.79. The van der Waals surface area contributed by atoms with E-state index in [0.29, 0.717) is 0 Å². The molecule has 0 amide bonds. The molecule has 0 aliphatic rings. The Balaban J connectivity index is 3.07. The molecule has 50 valence electrons. The molecule has 0 aliphatic carbocycles. The van der Waals surface area contributed by atoms with Gasteiger partial charge in [0.1, 0.15) is 0 Å². The van der Waals surface area contributed by atoms with E-state index in [1.54, 1.807) is 0 Å². The molecule has 0 fully saturated rings. The van der Waals surface area contributed by atoms with Crippen LogP contribution in [0.15, 0.2) is 0 Å². The molecule has 2 heteroatoms. The van der Waals surface area contributed by atoms with Crippen LogP contribution < -0.4 is 0 Å². The van der Waals surface area contributed by atoms with Gasteiger partial charge < -0.3 is 0 Å². The fraction of sp³-hybridized carbons (Fsp3) is 1.00. The Hall–Kier alpha value is 0.947. The van der Waals surface area contributed by atoms with Crippen LogP contribution in [-0.2, 0) is 0 Å². The zero-order chi connectivity index (χ0) is 6.41. The van der Waals surface area contributed by atoms with Crippen LogP contribution in [0.5, 0.6) is 0 Å². The normalized spacial score (nSPS) is 15.4. The summed E-state index contributed by atoms with van der Waals surface area (Å²) in [6.45, 7) is 4.59. The Labute approximate surface area is 67.5 Å². The highest BCUT2D eigenvalue weighted by Crippen LogP contribution is 2.17. The van der Waals surface area contributed by atoms with E-state index in [9.17, 15) is 0 Å². The molecule has 0 aromatic heterocycles. The average molecular weight is 242 g/mol. The first-order valence-corrected chi connectivity index (χ1v) is 9.33. The lowest BCUT2D eigenvalue weighted by atomic mass is 10.2. The van der Waals surface area contributed by atoms with Crippen molar-refractivity contribution in [2.24, 2.45) is 0 Å². The zero-order valence-corrected chi connectivity index (χ0v) is 9.36. The van der Waals surface area contributed by atoms with Crippen LogP contribution in [0.2, 0.25) is 5.54 Å². The summed E-state index contributed by atoms with van der Waals surface area (Å²) in [5, 5.41) is 0. The maximum atomic E-state index is 2.61. The van der Waals surface area contributed by atoms with Crippen molar-refractivity contribution < 1.29 is 0 Å². The minimum absolute atomic E-state index is 0.287. The summed E-state index contributed by atoms with van der Waals surface area (Å²) < 4.78 is 0. The van der Waals surface area contributed by atoms with E-state index in [1.807, 2.05) is 0 Å². The van der Waals surface area contributed by atoms with Crippen LogP contribution in [-0.4, -0.2) is 7.02 Å². The summed E-state index contributed by atoms with van der Waals surface area (Å²) in [5.41, 5.74) is 1.13. The van der Waals surface area contributed by atoms with Crippen LogP contribution in [0.1, 0.15) is 33.1 Å². The summed E-state index contributed by atoms with van der Waals surface area (Å²) in [6, 6.07) is 0. The maximum Gasteiger partial charge on any atom is 0.0968 e. The molecule has 0 N–H and O–H groups in total. The SMILES string of the molecule is CCCC(CC)[SiH2]I. The largest absolute Gasteiger partial charge is 0.128 e. The van der Waals surface area contributed by atoms with Crippen molar-refractivity contribution in [2.75, 3.05) is 0 Å². The van der Waals surface area contributed by atoms with E-state index in [1.165, 1.54) is 19.3 Å². The second-order valence-electron chi connectivity index (χ2n) is 2.22. The first kappa shape index (κ1) is 8.95. The molecule has 0 aromatic rings. The summed E-state index contributed by atoms with van der Waals surface area (Å²) in [6.07, 6.45) is 4.28. The van der Waals surface area contributed by atoms with Crippen molar-refractivity contribution in [3.8, 4) is 0 Å². The van der Waals surface area contributed by atoms with Gasteiger partial charge in [0, 0.05) is 0 Å². The predicted octanol–water partition coefficient (Wildman–Crippen LogP) is 2.50. The van der Waals surface area contributed by atoms with Gasteiger partial charge in [-0.25, -0.2) is 0 Å². The Bertz CT molecular complexity index is 43.8. The van der Waals surface area contributed by atoms with Crippen molar-refractivity contribution in [3.63, 3.8) is 0 Å². The topological polar surface area (TPSA) is 0 Å². The van der Waals surface area contributed by atoms with Crippen LogP contribution >= 0.6 is 21.8 Å². The monoisotopic (exact) mass is 242 g/mol. The fourth-order valence-electron chi connectivity index (χ4n) is 0.799. The lowest BCUT2D eigenvalue weighted by Gasteiger charge is -2.06. The molecule has 0 aromatic carbocycles. The van der Waals surface area contributed by atoms with Crippen LogP contribution in [0.3, 0.4) is 0 Å². The highest BCUT2D eigenvalue weighted by atomic mass is 127. The minimum atomic E-state index is 0.287. The van der Waals surface area contributed by atoms with Crippen LogP contribution in [0.25, 0.3) is 0 Å². The van der Waals surface area contributed by atoms with Gasteiger partial charge in [-0.1, -0.05) is 33.1 Å². The van der Waals surface area contributed by atoms with Gasteiger partial charge in [0.15, 0.2) is 0 Å². The number of rotatable bonds is 4. The molecular weight excluding hydrogens is 227 g/mol. The highest BCUT2D eigenvalue weighted by Gasteiger charge is 2.00. The molecule has 0 heterocycles. The van der Waals surface area contributed by atoms with E-state index < -0.39 is 0 Å². The number of hydrogen-bond donors (Lipinski definition) is 0. The second-order valence-corrected chi connectivity index (χ2v) is 6.32. The van der Waals surface area contributed by atoms with E-state index in [0.717, 1.165) is 5.54 Å². The fourth-order valence-corrected chi connectivity index (χ4v) is 4.77. The molecule has 0 saturated heterocycles. The molecule has 1 atom stereocenters. The molecule has 1 unspecified atom stereocenters. The van der Waals surface area contributed by atoms with Gasteiger partial charge in [0.05, 0.1) is 7.02 Å². The molecule has 0 saturated carbocycles. The third-order valence-electron chi connectivity index (χ3n) is 1.49. The van der Waals surface area contributed by atoms with Crippen molar-refractivity contribution in [1.82, 2.24) is 0 Å². The Morgan fingerprint density at radius 3 is 2.25 bits per heavy atom. The Morgan fingerprint density at radius 1 is 1.50 bits per heavy atom. The smallest absolute Gasteiger partial charge is 0.0968 e. The first-order valence-electron chi connectivity index (χ1n) is 3.41. The van der Waals surface area contributed by atoms with Crippen LogP contribution in [0, 0.1) is 0 Å². The zero-order valence-electron chi connectivity index (χ0n) is 5.78. The van der Waals surface area contributed by atoms with Gasteiger partial charge in [0.25, 0.3) is 0 Å². The summed E-state index contributed by atoms with van der Waals surface area (Å²) in [4.78, 5) is 0. The van der Waals surface area contributed by atoms with Crippen molar-refractivity contribution in [1.29, 1.82) is 0 Å². The van der Waals surface area contributed by atoms with Gasteiger partial charge in [0.2, 0.25) is 0 Å². The van der Waals surface area contributed by atoms with E-state index in [4.69, 9.17) is 0 Å². The molecule has 0 radical (unpaired) electrons. The summed E-state index contributed by atoms with van der Waals surface area (Å²) in [7, 11) is 0.287. The van der Waals surface area contributed by atoms with Gasteiger partial charge in [-0.2, -0.15) is 0 Å². The molecule has 0 nitrogen and oxygen atoms in total. The van der Waals surface area contributed by atoms with Gasteiger partial charge >= 0.3 is 0 Å². The lowest BCUT2D eigenvalue weighted by molar-refractivity contribution is 0.699. The average Bonchev–Trinajstić information content (AvgIpc) is 1.83. The molecular formula is C6H15ISi. The third-order valence-corrected chi connectivity index (χ3v) is 6.65. The Morgan fingerprint density at radius 2 is 2.12 bits per heavy atom. The van der Waals surface area contributed by atoms with Crippen LogP contribution in [0.4, 0.5) is 0 Å². The van der Waals surface area contributed by atoms with Gasteiger partial charge in [-0.05, 0) is 5.54 Å². The first-order chi connectivity index (χ1) is 3.85. The molecule has 0 spiro atoms. The van der Waals surface area contributed by atoms with Crippen molar-refractivity contribution in [2.45, 2.75) is 38.7 Å². The van der Waals surface area contributed by atoms with Crippen molar-refractivity contribution >= 4 is 28.8 Å². The lowest BCUT2D eigenvalue weighted by Crippen LogP contribution is -1.93. The quantitative estimate of drug-likeness (QED) is 0.403. The third kappa shape index (κ3) is 3.89. The summed E-state index contributed by atoms with van der Waals surface area (Å²) in [5.74, 6) is 0. The second kappa shape index (κ2) is 6.07. The minimum Gasteiger partial charge on any atom is -0.128 e. The number of halogens is 1.